The Labute approximate surface area is 212 Å². The number of nitrogens with zero attached hydrogens (tertiary/aromatic N) is 4. The molecule has 9 nitrogen and oxygen atoms in total. The van der Waals surface area contributed by atoms with Crippen LogP contribution in [0.3, 0.4) is 0 Å². The molecule has 2 amide bonds. The Morgan fingerprint density at radius 2 is 2.03 bits per heavy atom. The highest BCUT2D eigenvalue weighted by Crippen LogP contribution is 2.30. The summed E-state index contributed by atoms with van der Waals surface area (Å²) in [5, 5.41) is 5.75. The van der Waals surface area contributed by atoms with Crippen LogP contribution in [0, 0.1) is 12.7 Å². The minimum atomic E-state index is -1.30. The summed E-state index contributed by atoms with van der Waals surface area (Å²) < 4.78 is 33.6. The Kier molecular flexibility index (Phi) is 7.42. The molecule has 1 aromatic carbocycles. The highest BCUT2D eigenvalue weighted by Gasteiger charge is 2.39. The molecule has 0 radical (unpaired) electrons. The van der Waals surface area contributed by atoms with Crippen molar-refractivity contribution in [3.8, 4) is 11.1 Å². The predicted octanol–water partition coefficient (Wildman–Crippen LogP) is 4.97. The molecule has 192 valence electrons. The van der Waals surface area contributed by atoms with Crippen molar-refractivity contribution in [1.29, 1.82) is 0 Å². The lowest BCUT2D eigenvalue weighted by Crippen LogP contribution is -2.39. The van der Waals surface area contributed by atoms with E-state index in [9.17, 15) is 18.4 Å². The van der Waals surface area contributed by atoms with Gasteiger partial charge in [0.2, 0.25) is 11.9 Å². The van der Waals surface area contributed by atoms with Gasteiger partial charge in [0.05, 0.1) is 11.7 Å². The number of carbonyl (C=O) groups is 2. The molecule has 4 rings (SSSR count). The molecular formula is C26H26F2N6O3. The first-order chi connectivity index (χ1) is 17.7. The zero-order chi connectivity index (χ0) is 26.7. The lowest BCUT2D eigenvalue weighted by Gasteiger charge is -2.22. The molecule has 11 heteroatoms. The van der Waals surface area contributed by atoms with Crippen molar-refractivity contribution in [3.05, 3.63) is 72.5 Å². The summed E-state index contributed by atoms with van der Waals surface area (Å²) in [4.78, 5) is 38.0. The minimum Gasteiger partial charge on any atom is -0.447 e. The van der Waals surface area contributed by atoms with E-state index in [4.69, 9.17) is 4.74 Å². The number of pyridine rings is 1. The summed E-state index contributed by atoms with van der Waals surface area (Å²) in [7, 11) is 0. The molecule has 1 saturated heterocycles. The molecule has 2 aromatic heterocycles. The number of hydrogen-bond acceptors (Lipinski definition) is 7. The summed E-state index contributed by atoms with van der Waals surface area (Å²) >= 11 is 0. The number of aryl methyl sites for hydroxylation is 1. The number of hydrogen-bond donors (Lipinski definition) is 2. The summed E-state index contributed by atoms with van der Waals surface area (Å²) in [5.41, 5.74) is 2.70. The van der Waals surface area contributed by atoms with Gasteiger partial charge in [-0.25, -0.2) is 18.6 Å². The predicted molar refractivity (Wildman–Crippen MR) is 135 cm³/mol. The molecule has 3 atom stereocenters. The summed E-state index contributed by atoms with van der Waals surface area (Å²) in [6.07, 6.45) is 2.19. The first-order valence-corrected chi connectivity index (χ1v) is 11.6. The molecule has 37 heavy (non-hydrogen) atoms. The second-order valence-electron chi connectivity index (χ2n) is 8.61. The van der Waals surface area contributed by atoms with E-state index in [-0.39, 0.29) is 24.4 Å². The number of nitrogens with one attached hydrogen (secondary N) is 2. The van der Waals surface area contributed by atoms with Crippen molar-refractivity contribution >= 4 is 29.5 Å². The van der Waals surface area contributed by atoms with Gasteiger partial charge in [-0.15, -0.1) is 0 Å². The van der Waals surface area contributed by atoms with E-state index >= 15 is 0 Å². The van der Waals surface area contributed by atoms with E-state index < -0.39 is 30.0 Å². The third-order valence-electron chi connectivity index (χ3n) is 5.95. The monoisotopic (exact) mass is 508 g/mol. The largest absolute Gasteiger partial charge is 0.447 e. The number of ether oxygens (including phenoxy) is 1. The van der Waals surface area contributed by atoms with E-state index in [1.165, 1.54) is 42.3 Å². The number of carbonyl (C=O) groups excluding carboxylic acids is 2. The number of halogens is 2. The molecule has 3 heterocycles. The lowest BCUT2D eigenvalue weighted by atomic mass is 10.00. The Balaban J connectivity index is 1.54. The molecule has 2 N–H and O–H groups in total. The van der Waals surface area contributed by atoms with Gasteiger partial charge in [0.1, 0.15) is 30.5 Å². The van der Waals surface area contributed by atoms with Gasteiger partial charge in [0, 0.05) is 29.2 Å². The van der Waals surface area contributed by atoms with E-state index in [0.29, 0.717) is 22.5 Å². The Morgan fingerprint density at radius 1 is 1.24 bits per heavy atom. The average Bonchev–Trinajstić information content (AvgIpc) is 3.27. The summed E-state index contributed by atoms with van der Waals surface area (Å²) in [6, 6.07) is 6.48. The number of alkyl halides is 1. The molecule has 0 saturated carbocycles. The maximum absolute atomic E-state index is 14.6. The fourth-order valence-electron chi connectivity index (χ4n) is 3.96. The lowest BCUT2D eigenvalue weighted by molar-refractivity contribution is -0.111. The normalized spacial score (nSPS) is 16.6. The van der Waals surface area contributed by atoms with E-state index in [1.54, 1.807) is 6.20 Å². The molecular weight excluding hydrogens is 482 g/mol. The quantitative estimate of drug-likeness (QED) is 0.414. The third kappa shape index (κ3) is 5.55. The van der Waals surface area contributed by atoms with Crippen LogP contribution in [0.1, 0.15) is 31.1 Å². The molecule has 1 fully saturated rings. The van der Waals surface area contributed by atoms with Crippen LogP contribution in [-0.4, -0.2) is 45.8 Å². The highest BCUT2D eigenvalue weighted by atomic mass is 19.1. The number of aromatic nitrogens is 3. The molecule has 1 aliphatic heterocycles. The minimum absolute atomic E-state index is 0.0562. The van der Waals surface area contributed by atoms with Gasteiger partial charge in [-0.3, -0.25) is 14.7 Å². The average molecular weight is 509 g/mol. The van der Waals surface area contributed by atoms with Gasteiger partial charge in [-0.1, -0.05) is 6.58 Å². The zero-order valence-electron chi connectivity index (χ0n) is 20.5. The molecule has 0 spiro atoms. The fourth-order valence-corrected chi connectivity index (χ4v) is 3.96. The topological polar surface area (TPSA) is 109 Å². The maximum atomic E-state index is 14.6. The van der Waals surface area contributed by atoms with E-state index in [2.05, 4.69) is 32.2 Å². The van der Waals surface area contributed by atoms with Crippen LogP contribution in [0.5, 0.6) is 0 Å². The van der Waals surface area contributed by atoms with Gasteiger partial charge in [-0.05, 0) is 62.7 Å². The van der Waals surface area contributed by atoms with Crippen LogP contribution in [0.25, 0.3) is 11.1 Å². The Hall–Kier alpha value is -4.41. The fraction of sp³-hybridized carbons (Fsp3) is 0.269. The molecule has 3 aromatic rings. The number of benzene rings is 1. The van der Waals surface area contributed by atoms with Crippen molar-refractivity contribution in [2.45, 2.75) is 39.0 Å². The number of rotatable bonds is 8. The van der Waals surface area contributed by atoms with Crippen LogP contribution in [0.15, 0.2) is 55.4 Å². The number of amides is 2. The summed E-state index contributed by atoms with van der Waals surface area (Å²) in [5.74, 6) is -0.410. The molecule has 1 aliphatic rings. The van der Waals surface area contributed by atoms with Gasteiger partial charge >= 0.3 is 6.09 Å². The van der Waals surface area contributed by atoms with Crippen LogP contribution in [0.2, 0.25) is 0 Å². The van der Waals surface area contributed by atoms with Gasteiger partial charge in [0.25, 0.3) is 0 Å². The zero-order valence-corrected chi connectivity index (χ0v) is 20.5. The number of anilines is 3. The molecule has 0 aliphatic carbocycles. The smallest absolute Gasteiger partial charge is 0.416 e. The second-order valence-corrected chi connectivity index (χ2v) is 8.61. The van der Waals surface area contributed by atoms with Gasteiger partial charge in [-0.2, -0.15) is 4.98 Å². The van der Waals surface area contributed by atoms with Crippen LogP contribution >= 0.6 is 0 Å². The van der Waals surface area contributed by atoms with Crippen molar-refractivity contribution in [2.75, 3.05) is 22.1 Å². The van der Waals surface area contributed by atoms with Crippen molar-refractivity contribution in [2.24, 2.45) is 0 Å². The van der Waals surface area contributed by atoms with Crippen LogP contribution in [0.4, 0.5) is 31.0 Å². The van der Waals surface area contributed by atoms with Crippen molar-refractivity contribution < 1.29 is 23.1 Å². The van der Waals surface area contributed by atoms with Crippen LogP contribution < -0.4 is 15.5 Å². The standard InChI is InChI=1S/C26H26F2N6O3/c1-5-24(35)32-17-6-7-20(28)18(11-17)19-12-30-21(10-14(19)2)16(4)31-25-29-9-8-23(33-25)34-22(15(3)27)13-37-26(34)36/h5-12,15-16,22H,1,13H2,2-4H3,(H,32,35)(H,29,31,33)/t15-,16-,22+/m0/s1. The first kappa shape index (κ1) is 25.7. The SMILES string of the molecule is C=CC(=O)Nc1ccc(F)c(-c2cnc([C@H](C)Nc3nccc(N4C(=O)OC[C@@H]4[C@H](C)F)n3)cc2C)c1. The Morgan fingerprint density at radius 3 is 2.73 bits per heavy atom. The first-order valence-electron chi connectivity index (χ1n) is 11.6. The third-order valence-corrected chi connectivity index (χ3v) is 5.95. The van der Waals surface area contributed by atoms with Gasteiger partial charge in [0.15, 0.2) is 0 Å². The molecule has 0 bridgehead atoms. The highest BCUT2D eigenvalue weighted by molar-refractivity contribution is 5.99. The Bertz CT molecular complexity index is 1350. The number of cyclic esters (lactones) is 1. The van der Waals surface area contributed by atoms with Crippen molar-refractivity contribution in [3.63, 3.8) is 0 Å². The van der Waals surface area contributed by atoms with Crippen molar-refractivity contribution in [1.82, 2.24) is 15.0 Å². The maximum Gasteiger partial charge on any atom is 0.416 e. The second kappa shape index (κ2) is 10.7. The van der Waals surface area contributed by atoms with E-state index in [1.807, 2.05) is 19.9 Å². The van der Waals surface area contributed by atoms with Crippen LogP contribution in [-0.2, 0) is 9.53 Å². The molecule has 0 unspecified atom stereocenters. The van der Waals surface area contributed by atoms with E-state index in [0.717, 1.165) is 11.6 Å². The van der Waals surface area contributed by atoms with Gasteiger partial charge < -0.3 is 15.4 Å². The summed E-state index contributed by atoms with van der Waals surface area (Å²) in [6.45, 7) is 8.40.